The number of para-hydroxylation sites is 1. The molecular weight excluding hydrogens is 385 g/mol. The number of halogens is 3. The molecule has 0 fully saturated rings. The SMILES string of the molecule is CO/N=C\c1ccc(-c2ccccc2NC(=O)c2cn(C)nc2C(F)(F)F)cc1. The maximum absolute atomic E-state index is 13.2. The van der Waals surface area contributed by atoms with E-state index in [2.05, 4.69) is 20.4 Å². The number of nitrogens with zero attached hydrogens (tertiary/aromatic N) is 3. The normalized spacial score (nSPS) is 11.6. The van der Waals surface area contributed by atoms with Crippen molar-refractivity contribution in [3.8, 4) is 11.1 Å². The second kappa shape index (κ2) is 8.17. The van der Waals surface area contributed by atoms with E-state index in [4.69, 9.17) is 0 Å². The molecule has 0 saturated heterocycles. The van der Waals surface area contributed by atoms with Crippen LogP contribution in [-0.4, -0.2) is 29.0 Å². The highest BCUT2D eigenvalue weighted by Crippen LogP contribution is 2.32. The number of carbonyl (C=O) groups excluding carboxylic acids is 1. The van der Waals surface area contributed by atoms with Crippen LogP contribution in [0.5, 0.6) is 0 Å². The van der Waals surface area contributed by atoms with Crippen molar-refractivity contribution in [1.29, 1.82) is 0 Å². The van der Waals surface area contributed by atoms with Crippen molar-refractivity contribution in [2.45, 2.75) is 6.18 Å². The molecule has 9 heteroatoms. The predicted octanol–water partition coefficient (Wildman–Crippen LogP) is 4.34. The van der Waals surface area contributed by atoms with Crippen LogP contribution in [0.4, 0.5) is 18.9 Å². The summed E-state index contributed by atoms with van der Waals surface area (Å²) in [6, 6.07) is 14.1. The second-order valence-corrected chi connectivity index (χ2v) is 6.10. The summed E-state index contributed by atoms with van der Waals surface area (Å²) in [5.41, 5.74) is 0.860. The van der Waals surface area contributed by atoms with Gasteiger partial charge in [0.05, 0.1) is 11.8 Å². The van der Waals surface area contributed by atoms with E-state index in [0.29, 0.717) is 11.3 Å². The van der Waals surface area contributed by atoms with E-state index in [0.717, 1.165) is 22.0 Å². The summed E-state index contributed by atoms with van der Waals surface area (Å²) in [5.74, 6) is -0.887. The first kappa shape index (κ1) is 20.1. The Hall–Kier alpha value is -3.62. The molecule has 0 unspecified atom stereocenters. The minimum atomic E-state index is -4.73. The van der Waals surface area contributed by atoms with E-state index >= 15 is 0 Å². The highest BCUT2D eigenvalue weighted by Gasteiger charge is 2.39. The minimum Gasteiger partial charge on any atom is -0.399 e. The van der Waals surface area contributed by atoms with Crippen LogP contribution in [0, 0.1) is 0 Å². The molecule has 0 saturated carbocycles. The van der Waals surface area contributed by atoms with Crippen LogP contribution in [0.15, 0.2) is 59.9 Å². The van der Waals surface area contributed by atoms with E-state index in [1.165, 1.54) is 14.2 Å². The van der Waals surface area contributed by atoms with Gasteiger partial charge in [0.25, 0.3) is 5.91 Å². The molecule has 1 heterocycles. The number of aromatic nitrogens is 2. The molecule has 3 rings (SSSR count). The van der Waals surface area contributed by atoms with Crippen LogP contribution < -0.4 is 5.32 Å². The molecule has 0 aliphatic rings. The fourth-order valence-electron chi connectivity index (χ4n) is 2.76. The van der Waals surface area contributed by atoms with Gasteiger partial charge in [0.15, 0.2) is 5.69 Å². The van der Waals surface area contributed by atoms with E-state index in [9.17, 15) is 18.0 Å². The fraction of sp³-hybridized carbons (Fsp3) is 0.150. The average Bonchev–Trinajstić information content (AvgIpc) is 3.10. The lowest BCUT2D eigenvalue weighted by molar-refractivity contribution is -0.141. The molecule has 29 heavy (non-hydrogen) atoms. The van der Waals surface area contributed by atoms with Gasteiger partial charge >= 0.3 is 6.18 Å². The molecule has 6 nitrogen and oxygen atoms in total. The first-order valence-electron chi connectivity index (χ1n) is 8.48. The van der Waals surface area contributed by atoms with E-state index < -0.39 is 23.3 Å². The maximum atomic E-state index is 13.2. The Labute approximate surface area is 164 Å². The Morgan fingerprint density at radius 3 is 2.52 bits per heavy atom. The molecule has 1 aromatic heterocycles. The van der Waals surface area contributed by atoms with Crippen molar-refractivity contribution in [3.63, 3.8) is 0 Å². The van der Waals surface area contributed by atoms with Crippen molar-refractivity contribution in [3.05, 3.63) is 71.5 Å². The smallest absolute Gasteiger partial charge is 0.399 e. The molecule has 1 amide bonds. The lowest BCUT2D eigenvalue weighted by Gasteiger charge is -2.12. The first-order chi connectivity index (χ1) is 13.8. The Kier molecular flexibility index (Phi) is 5.67. The number of benzene rings is 2. The van der Waals surface area contributed by atoms with Gasteiger partial charge in [-0.3, -0.25) is 9.48 Å². The van der Waals surface area contributed by atoms with Gasteiger partial charge in [0, 0.05) is 24.5 Å². The summed E-state index contributed by atoms with van der Waals surface area (Å²) in [7, 11) is 2.77. The summed E-state index contributed by atoms with van der Waals surface area (Å²) in [4.78, 5) is 17.2. The number of nitrogens with one attached hydrogen (secondary N) is 1. The summed E-state index contributed by atoms with van der Waals surface area (Å²) in [6.45, 7) is 0. The third-order valence-electron chi connectivity index (χ3n) is 4.05. The first-order valence-corrected chi connectivity index (χ1v) is 8.48. The molecule has 150 valence electrons. The van der Waals surface area contributed by atoms with Crippen molar-refractivity contribution in [2.75, 3.05) is 12.4 Å². The lowest BCUT2D eigenvalue weighted by atomic mass is 10.0. The zero-order valence-electron chi connectivity index (χ0n) is 15.6. The Balaban J connectivity index is 1.91. The maximum Gasteiger partial charge on any atom is 0.435 e. The number of aryl methyl sites for hydroxylation is 1. The highest BCUT2D eigenvalue weighted by molar-refractivity contribution is 6.07. The van der Waals surface area contributed by atoms with Gasteiger partial charge in [-0.05, 0) is 17.2 Å². The lowest BCUT2D eigenvalue weighted by Crippen LogP contribution is -2.18. The van der Waals surface area contributed by atoms with Crippen LogP contribution >= 0.6 is 0 Å². The van der Waals surface area contributed by atoms with E-state index in [1.54, 1.807) is 42.6 Å². The fourth-order valence-corrected chi connectivity index (χ4v) is 2.76. The van der Waals surface area contributed by atoms with Crippen LogP contribution in [0.25, 0.3) is 11.1 Å². The number of carbonyl (C=O) groups is 1. The molecule has 2 aromatic carbocycles. The number of amides is 1. The second-order valence-electron chi connectivity index (χ2n) is 6.10. The van der Waals surface area contributed by atoms with Gasteiger partial charge in [-0.2, -0.15) is 18.3 Å². The van der Waals surface area contributed by atoms with Crippen LogP contribution in [0.2, 0.25) is 0 Å². The van der Waals surface area contributed by atoms with Crippen molar-refractivity contribution in [1.82, 2.24) is 9.78 Å². The summed E-state index contributed by atoms with van der Waals surface area (Å²) in [5, 5.41) is 9.61. The quantitative estimate of drug-likeness (QED) is 0.510. The van der Waals surface area contributed by atoms with Gasteiger partial charge in [-0.15, -0.1) is 0 Å². The Bertz CT molecular complexity index is 1040. The summed E-state index contributed by atoms with van der Waals surface area (Å²) < 4.78 is 40.4. The van der Waals surface area contributed by atoms with Gasteiger partial charge < -0.3 is 10.2 Å². The largest absolute Gasteiger partial charge is 0.435 e. The van der Waals surface area contributed by atoms with Crippen LogP contribution in [0.3, 0.4) is 0 Å². The molecule has 0 radical (unpaired) electrons. The van der Waals surface area contributed by atoms with Crippen LogP contribution in [0.1, 0.15) is 21.6 Å². The molecule has 0 spiro atoms. The number of hydrogen-bond acceptors (Lipinski definition) is 4. The Morgan fingerprint density at radius 1 is 1.17 bits per heavy atom. The summed E-state index contributed by atoms with van der Waals surface area (Å²) in [6.07, 6.45) is -2.14. The average molecular weight is 402 g/mol. The monoisotopic (exact) mass is 402 g/mol. The minimum absolute atomic E-state index is 0.382. The number of alkyl halides is 3. The van der Waals surface area contributed by atoms with Gasteiger partial charge in [0.2, 0.25) is 0 Å². The van der Waals surface area contributed by atoms with Crippen LogP contribution in [-0.2, 0) is 18.1 Å². The van der Waals surface area contributed by atoms with E-state index in [-0.39, 0.29) is 0 Å². The highest BCUT2D eigenvalue weighted by atomic mass is 19.4. The predicted molar refractivity (Wildman–Crippen MR) is 103 cm³/mol. The molecule has 0 atom stereocenters. The zero-order chi connectivity index (χ0) is 21.0. The zero-order valence-corrected chi connectivity index (χ0v) is 15.6. The Morgan fingerprint density at radius 2 is 1.86 bits per heavy atom. The molecule has 3 aromatic rings. The van der Waals surface area contributed by atoms with Crippen molar-refractivity contribution < 1.29 is 22.8 Å². The van der Waals surface area contributed by atoms with Crippen molar-refractivity contribution in [2.24, 2.45) is 12.2 Å². The van der Waals surface area contributed by atoms with E-state index in [1.807, 2.05) is 12.1 Å². The van der Waals surface area contributed by atoms with Crippen molar-refractivity contribution >= 4 is 17.8 Å². The standard InChI is InChI=1S/C20H17F3N4O2/c1-27-12-16(18(26-27)20(21,22)23)19(28)25-17-6-4-3-5-15(17)14-9-7-13(8-10-14)11-24-29-2/h3-12H,1-2H3,(H,25,28)/b24-11-. The summed E-state index contributed by atoms with van der Waals surface area (Å²) >= 11 is 0. The molecule has 1 N–H and O–H groups in total. The molecular formula is C20H17F3N4O2. The molecule has 0 bridgehead atoms. The topological polar surface area (TPSA) is 68.5 Å². The van der Waals surface area contributed by atoms with Gasteiger partial charge in [0.1, 0.15) is 7.11 Å². The number of rotatable bonds is 5. The van der Waals surface area contributed by atoms with Gasteiger partial charge in [-0.25, -0.2) is 0 Å². The third kappa shape index (κ3) is 4.63. The third-order valence-corrected chi connectivity index (χ3v) is 4.05. The number of anilines is 1. The molecule has 0 aliphatic heterocycles. The number of hydrogen-bond donors (Lipinski definition) is 1. The molecule has 0 aliphatic carbocycles. The van der Waals surface area contributed by atoms with Gasteiger partial charge in [-0.1, -0.05) is 47.6 Å². The number of oxime groups is 1.